The Morgan fingerprint density at radius 1 is 1.08 bits per heavy atom. The van der Waals surface area contributed by atoms with Gasteiger partial charge in [-0.25, -0.2) is 22.3 Å². The van der Waals surface area contributed by atoms with Gasteiger partial charge in [0.2, 0.25) is 0 Å². The number of amides is 2. The summed E-state index contributed by atoms with van der Waals surface area (Å²) >= 11 is 0. The second-order valence-corrected chi connectivity index (χ2v) is 10.9. The van der Waals surface area contributed by atoms with Gasteiger partial charge in [0.25, 0.3) is 15.9 Å². The van der Waals surface area contributed by atoms with Gasteiger partial charge in [0.1, 0.15) is 11.8 Å². The third-order valence-corrected chi connectivity index (χ3v) is 7.91. The van der Waals surface area contributed by atoms with Crippen molar-refractivity contribution in [3.05, 3.63) is 59.7 Å². The average Bonchev–Trinajstić information content (AvgIpc) is 3.25. The van der Waals surface area contributed by atoms with Crippen LogP contribution in [0, 0.1) is 6.92 Å². The maximum Gasteiger partial charge on any atom is 0.414 e. The number of benzene rings is 2. The van der Waals surface area contributed by atoms with Crippen molar-refractivity contribution in [2.75, 3.05) is 27.7 Å². The lowest BCUT2D eigenvalue weighted by molar-refractivity contribution is -0.147. The molecule has 194 valence electrons. The van der Waals surface area contributed by atoms with Gasteiger partial charge in [-0.3, -0.25) is 9.69 Å². The number of likely N-dealkylation sites (N-methyl/N-ethyl adjacent to an activating group) is 1. The molecule has 1 heterocycles. The first-order chi connectivity index (χ1) is 16.9. The number of carbonyl (C=O) groups excluding carboxylic acids is 2. The number of aryl methyl sites for hydroxylation is 1. The summed E-state index contributed by atoms with van der Waals surface area (Å²) < 4.78 is 33.1. The Morgan fingerprint density at radius 2 is 1.69 bits per heavy atom. The molecule has 0 aliphatic carbocycles. The molecule has 0 unspecified atom stereocenters. The molecule has 0 saturated carbocycles. The molecule has 2 aromatic carbocycles. The highest BCUT2D eigenvalue weighted by atomic mass is 32.2. The predicted octanol–water partition coefficient (Wildman–Crippen LogP) is 2.36. The number of aliphatic carboxylic acids is 1. The molecule has 2 aromatic rings. The maximum absolute atomic E-state index is 13.7. The van der Waals surface area contributed by atoms with Crippen LogP contribution in [0.4, 0.5) is 4.79 Å². The van der Waals surface area contributed by atoms with Crippen LogP contribution in [0.1, 0.15) is 24.0 Å². The molecule has 36 heavy (non-hydrogen) atoms. The number of sulfonamides is 1. The molecular weight excluding hydrogens is 486 g/mol. The van der Waals surface area contributed by atoms with Crippen molar-refractivity contribution >= 4 is 28.0 Å². The van der Waals surface area contributed by atoms with Crippen LogP contribution in [0.15, 0.2) is 53.4 Å². The molecule has 2 atom stereocenters. The first kappa shape index (κ1) is 27.2. The molecule has 0 bridgehead atoms. The summed E-state index contributed by atoms with van der Waals surface area (Å²) in [6.45, 7) is 2.41. The number of carboxylic acid groups (broad SMARTS) is 1. The van der Waals surface area contributed by atoms with Crippen molar-refractivity contribution in [1.82, 2.24) is 14.1 Å². The van der Waals surface area contributed by atoms with E-state index in [4.69, 9.17) is 4.74 Å². The SMILES string of the molecule is Cc1ccc(S(=O)(=O)N(C(=O)[C@@H]2CCCN2C)[C@H](Cc2ccc(OC(=O)N(C)C)cc2)C(=O)O)cc1. The van der Waals surface area contributed by atoms with Crippen molar-refractivity contribution in [1.29, 1.82) is 0 Å². The van der Waals surface area contributed by atoms with Gasteiger partial charge >= 0.3 is 12.1 Å². The Balaban J connectivity index is 1.98. The minimum Gasteiger partial charge on any atom is -0.480 e. The molecule has 2 amide bonds. The summed E-state index contributed by atoms with van der Waals surface area (Å²) in [5.74, 6) is -1.96. The normalized spacial score (nSPS) is 16.8. The number of likely N-dealkylation sites (tertiary alicyclic amines) is 1. The minimum absolute atomic E-state index is 0.153. The van der Waals surface area contributed by atoms with Crippen LogP contribution in [0.25, 0.3) is 0 Å². The fraction of sp³-hybridized carbons (Fsp3) is 0.400. The van der Waals surface area contributed by atoms with Crippen molar-refractivity contribution < 1.29 is 32.6 Å². The van der Waals surface area contributed by atoms with Crippen molar-refractivity contribution in [2.45, 2.75) is 43.2 Å². The van der Waals surface area contributed by atoms with Crippen molar-refractivity contribution in [3.63, 3.8) is 0 Å². The molecule has 1 fully saturated rings. The Hall–Kier alpha value is -3.44. The summed E-state index contributed by atoms with van der Waals surface area (Å²) in [4.78, 5) is 40.6. The van der Waals surface area contributed by atoms with Gasteiger partial charge in [-0.05, 0) is 63.2 Å². The molecule has 10 nitrogen and oxygen atoms in total. The Bertz CT molecular complexity index is 1210. The number of rotatable bonds is 8. The van der Waals surface area contributed by atoms with Crippen LogP contribution in [0.5, 0.6) is 5.75 Å². The molecular formula is C25H31N3O7S. The standard InChI is InChI=1S/C25H31N3O7S/c1-17-7-13-20(14-8-17)36(33,34)28(23(29)21-6-5-15-27(21)4)22(24(30)31)16-18-9-11-19(12-10-18)35-25(32)26(2)3/h7-14,21-22H,5-6,15-16H2,1-4H3,(H,30,31)/t21-,22+/m0/s1. The molecule has 0 radical (unpaired) electrons. The number of carboxylic acids is 1. The van der Waals surface area contributed by atoms with Crippen molar-refractivity contribution in [3.8, 4) is 5.75 Å². The van der Waals surface area contributed by atoms with Gasteiger partial charge in [-0.1, -0.05) is 29.8 Å². The van der Waals surface area contributed by atoms with Crippen LogP contribution < -0.4 is 4.74 Å². The van der Waals surface area contributed by atoms with E-state index in [1.165, 1.54) is 55.4 Å². The quantitative estimate of drug-likeness (QED) is 0.566. The van der Waals surface area contributed by atoms with E-state index in [2.05, 4.69) is 0 Å². The zero-order valence-electron chi connectivity index (χ0n) is 20.7. The van der Waals surface area contributed by atoms with E-state index < -0.39 is 40.1 Å². The zero-order valence-corrected chi connectivity index (χ0v) is 21.6. The van der Waals surface area contributed by atoms with Gasteiger partial charge in [-0.2, -0.15) is 0 Å². The molecule has 11 heteroatoms. The van der Waals surface area contributed by atoms with Gasteiger partial charge < -0.3 is 14.7 Å². The monoisotopic (exact) mass is 517 g/mol. The summed E-state index contributed by atoms with van der Waals surface area (Å²) in [5, 5.41) is 10.1. The zero-order chi connectivity index (χ0) is 26.6. The van der Waals surface area contributed by atoms with Crippen LogP contribution >= 0.6 is 0 Å². The number of ether oxygens (including phenoxy) is 1. The van der Waals surface area contributed by atoms with Gasteiger partial charge in [-0.15, -0.1) is 0 Å². The van der Waals surface area contributed by atoms with Crippen LogP contribution in [-0.2, 0) is 26.0 Å². The average molecular weight is 518 g/mol. The Morgan fingerprint density at radius 3 is 2.19 bits per heavy atom. The van der Waals surface area contributed by atoms with Crippen LogP contribution in [0.3, 0.4) is 0 Å². The fourth-order valence-corrected chi connectivity index (χ4v) is 5.58. The highest BCUT2D eigenvalue weighted by Gasteiger charge is 2.44. The van der Waals surface area contributed by atoms with E-state index in [0.717, 1.165) is 5.56 Å². The van der Waals surface area contributed by atoms with Crippen molar-refractivity contribution in [2.24, 2.45) is 0 Å². The molecule has 1 aliphatic heterocycles. The lowest BCUT2D eigenvalue weighted by Gasteiger charge is -2.32. The summed E-state index contributed by atoms with van der Waals surface area (Å²) in [5.41, 5.74) is 1.29. The topological polar surface area (TPSA) is 125 Å². The van der Waals surface area contributed by atoms with E-state index in [1.54, 1.807) is 31.0 Å². The second-order valence-electron chi connectivity index (χ2n) is 9.06. The third kappa shape index (κ3) is 6.03. The summed E-state index contributed by atoms with van der Waals surface area (Å²) in [6, 6.07) is 9.58. The lowest BCUT2D eigenvalue weighted by Crippen LogP contribution is -2.54. The van der Waals surface area contributed by atoms with E-state index in [-0.39, 0.29) is 17.1 Å². The van der Waals surface area contributed by atoms with Gasteiger partial charge in [0, 0.05) is 20.5 Å². The minimum atomic E-state index is -4.47. The summed E-state index contributed by atoms with van der Waals surface area (Å²) in [7, 11) is 0.319. The Kier molecular flexibility index (Phi) is 8.36. The van der Waals surface area contributed by atoms with Gasteiger partial charge in [0.05, 0.1) is 10.9 Å². The predicted molar refractivity (Wildman–Crippen MR) is 132 cm³/mol. The molecule has 3 rings (SSSR count). The smallest absolute Gasteiger partial charge is 0.414 e. The third-order valence-electron chi connectivity index (χ3n) is 6.09. The first-order valence-electron chi connectivity index (χ1n) is 11.5. The second kappa shape index (κ2) is 11.1. The molecule has 1 N–H and O–H groups in total. The number of hydrogen-bond donors (Lipinski definition) is 1. The van der Waals surface area contributed by atoms with E-state index in [9.17, 15) is 27.9 Å². The molecule has 1 aliphatic rings. The van der Waals surface area contributed by atoms with E-state index in [1.807, 2.05) is 0 Å². The molecule has 0 aromatic heterocycles. The van der Waals surface area contributed by atoms with Gasteiger partial charge in [0.15, 0.2) is 0 Å². The maximum atomic E-state index is 13.7. The largest absolute Gasteiger partial charge is 0.480 e. The fourth-order valence-electron chi connectivity index (χ4n) is 4.01. The van der Waals surface area contributed by atoms with E-state index >= 15 is 0 Å². The molecule has 1 saturated heterocycles. The number of nitrogens with zero attached hydrogens (tertiary/aromatic N) is 3. The first-order valence-corrected chi connectivity index (χ1v) is 12.9. The number of hydrogen-bond acceptors (Lipinski definition) is 7. The highest BCUT2D eigenvalue weighted by molar-refractivity contribution is 7.89. The number of carbonyl (C=O) groups is 3. The van der Waals surface area contributed by atoms with Crippen LogP contribution in [0.2, 0.25) is 0 Å². The molecule has 0 spiro atoms. The lowest BCUT2D eigenvalue weighted by atomic mass is 10.0. The Labute approximate surface area is 211 Å². The van der Waals surface area contributed by atoms with E-state index in [0.29, 0.717) is 29.3 Å². The van der Waals surface area contributed by atoms with Crippen LogP contribution in [-0.4, -0.2) is 85.4 Å². The summed E-state index contributed by atoms with van der Waals surface area (Å²) in [6.07, 6.45) is 0.307. The highest BCUT2D eigenvalue weighted by Crippen LogP contribution is 2.27.